The molecule has 0 unspecified atom stereocenters. The van der Waals surface area contributed by atoms with Gasteiger partial charge in [0.2, 0.25) is 0 Å². The van der Waals surface area contributed by atoms with Crippen LogP contribution in [0.4, 0.5) is 0 Å². The van der Waals surface area contributed by atoms with Gasteiger partial charge in [0.1, 0.15) is 0 Å². The molecule has 60 valence electrons. The van der Waals surface area contributed by atoms with Crippen molar-refractivity contribution in [2.45, 2.75) is 6.92 Å². The zero-order valence-electron chi connectivity index (χ0n) is 6.70. The molecule has 12 heavy (non-hydrogen) atoms. The van der Waals surface area contributed by atoms with Gasteiger partial charge in [-0.15, -0.1) is 11.3 Å². The van der Waals surface area contributed by atoms with Crippen molar-refractivity contribution in [3.63, 3.8) is 0 Å². The number of rotatable bonds is 1. The molecule has 2 heteroatoms. The monoisotopic (exact) mass is 176 g/mol. The van der Waals surface area contributed by atoms with E-state index >= 15 is 0 Å². The lowest BCUT2D eigenvalue weighted by Gasteiger charge is -1.92. The summed E-state index contributed by atoms with van der Waals surface area (Å²) in [6.07, 6.45) is 0.911. The Morgan fingerprint density at radius 3 is 3.00 bits per heavy atom. The van der Waals surface area contributed by atoms with Gasteiger partial charge in [0.25, 0.3) is 0 Å². The highest BCUT2D eigenvalue weighted by Crippen LogP contribution is 2.25. The summed E-state index contributed by atoms with van der Waals surface area (Å²) in [5, 5.41) is 2.97. The molecule has 0 saturated heterocycles. The van der Waals surface area contributed by atoms with Gasteiger partial charge in [-0.2, -0.15) is 0 Å². The Bertz CT molecular complexity index is 428. The van der Waals surface area contributed by atoms with Gasteiger partial charge in [-0.25, -0.2) is 0 Å². The van der Waals surface area contributed by atoms with Crippen molar-refractivity contribution >= 4 is 27.7 Å². The van der Waals surface area contributed by atoms with Crippen molar-refractivity contribution in [1.29, 1.82) is 0 Å². The van der Waals surface area contributed by atoms with Crippen molar-refractivity contribution in [3.8, 4) is 0 Å². The smallest absolute Gasteiger partial charge is 0.151 e. The number of fused-ring (bicyclic) bond motifs is 1. The van der Waals surface area contributed by atoms with E-state index in [1.807, 2.05) is 17.5 Å². The molecule has 1 aromatic carbocycles. The van der Waals surface area contributed by atoms with Gasteiger partial charge in [0.15, 0.2) is 6.29 Å². The Morgan fingerprint density at radius 1 is 1.42 bits per heavy atom. The third-order valence-electron chi connectivity index (χ3n) is 1.89. The first-order valence-corrected chi connectivity index (χ1v) is 4.62. The lowest BCUT2D eigenvalue weighted by Crippen LogP contribution is -1.75. The molecule has 0 bridgehead atoms. The van der Waals surface area contributed by atoms with Gasteiger partial charge in [0, 0.05) is 21.0 Å². The molecule has 1 nitrogen and oxygen atoms in total. The quantitative estimate of drug-likeness (QED) is 0.610. The van der Waals surface area contributed by atoms with Gasteiger partial charge in [-0.05, 0) is 18.6 Å². The largest absolute Gasteiger partial charge is 0.298 e. The molecular weight excluding hydrogens is 168 g/mol. The van der Waals surface area contributed by atoms with Crippen molar-refractivity contribution < 1.29 is 4.79 Å². The molecule has 0 aliphatic carbocycles. The molecule has 0 radical (unpaired) electrons. The highest BCUT2D eigenvalue weighted by atomic mass is 32.1. The molecule has 2 rings (SSSR count). The van der Waals surface area contributed by atoms with E-state index in [1.54, 1.807) is 11.3 Å². The van der Waals surface area contributed by atoms with Gasteiger partial charge in [-0.3, -0.25) is 4.79 Å². The molecule has 0 N–H and O–H groups in total. The average Bonchev–Trinajstić information content (AvgIpc) is 2.46. The first-order chi connectivity index (χ1) is 5.81. The van der Waals surface area contributed by atoms with Gasteiger partial charge >= 0.3 is 0 Å². The summed E-state index contributed by atoms with van der Waals surface area (Å²) in [6.45, 7) is 2.06. The van der Waals surface area contributed by atoms with Gasteiger partial charge in [0.05, 0.1) is 0 Å². The van der Waals surface area contributed by atoms with Crippen LogP contribution < -0.4 is 0 Å². The van der Waals surface area contributed by atoms with Crippen LogP contribution >= 0.6 is 11.3 Å². The SMILES string of the molecule is Cc1ccc2c(C=O)csc2c1. The number of hydrogen-bond acceptors (Lipinski definition) is 2. The zero-order chi connectivity index (χ0) is 8.55. The summed E-state index contributed by atoms with van der Waals surface area (Å²) in [5.74, 6) is 0. The summed E-state index contributed by atoms with van der Waals surface area (Å²) in [5.41, 5.74) is 2.04. The van der Waals surface area contributed by atoms with Crippen LogP contribution in [0.2, 0.25) is 0 Å². The number of aldehydes is 1. The predicted octanol–water partition coefficient (Wildman–Crippen LogP) is 3.02. The fourth-order valence-electron chi connectivity index (χ4n) is 1.25. The Hall–Kier alpha value is -1.15. The first kappa shape index (κ1) is 7.50. The molecule has 1 heterocycles. The van der Waals surface area contributed by atoms with Crippen molar-refractivity contribution in [2.24, 2.45) is 0 Å². The highest BCUT2D eigenvalue weighted by molar-refractivity contribution is 7.17. The van der Waals surface area contributed by atoms with Crippen LogP contribution in [0.15, 0.2) is 23.6 Å². The van der Waals surface area contributed by atoms with Crippen LogP contribution in [0.1, 0.15) is 15.9 Å². The Labute approximate surface area is 74.6 Å². The van der Waals surface area contributed by atoms with Crippen molar-refractivity contribution in [3.05, 3.63) is 34.7 Å². The molecule has 0 spiro atoms. The number of benzene rings is 1. The van der Waals surface area contributed by atoms with Crippen LogP contribution in [-0.4, -0.2) is 6.29 Å². The van der Waals surface area contributed by atoms with Crippen LogP contribution in [0.3, 0.4) is 0 Å². The maximum Gasteiger partial charge on any atom is 0.151 e. The minimum Gasteiger partial charge on any atom is -0.298 e. The molecular formula is C10H8OS. The second-order valence-electron chi connectivity index (χ2n) is 2.81. The molecule has 0 amide bonds. The zero-order valence-corrected chi connectivity index (χ0v) is 7.52. The summed E-state index contributed by atoms with van der Waals surface area (Å²) in [4.78, 5) is 10.6. The number of carbonyl (C=O) groups is 1. The highest BCUT2D eigenvalue weighted by Gasteiger charge is 2.01. The summed E-state index contributed by atoms with van der Waals surface area (Å²) < 4.78 is 1.19. The summed E-state index contributed by atoms with van der Waals surface area (Å²) >= 11 is 1.62. The summed E-state index contributed by atoms with van der Waals surface area (Å²) in [6, 6.07) is 6.14. The maximum atomic E-state index is 10.6. The number of aryl methyl sites for hydroxylation is 1. The second kappa shape index (κ2) is 2.72. The van der Waals surface area contributed by atoms with Gasteiger partial charge < -0.3 is 0 Å². The lowest BCUT2D eigenvalue weighted by atomic mass is 10.1. The number of hydrogen-bond donors (Lipinski definition) is 0. The lowest BCUT2D eigenvalue weighted by molar-refractivity contribution is 0.112. The van der Waals surface area contributed by atoms with E-state index in [9.17, 15) is 4.79 Å². The van der Waals surface area contributed by atoms with Crippen molar-refractivity contribution in [2.75, 3.05) is 0 Å². The van der Waals surface area contributed by atoms with E-state index < -0.39 is 0 Å². The number of thiophene rings is 1. The fourth-order valence-corrected chi connectivity index (χ4v) is 2.25. The molecule has 0 aliphatic rings. The van der Waals surface area contributed by atoms with E-state index in [0.29, 0.717) is 0 Å². The van der Waals surface area contributed by atoms with E-state index in [2.05, 4.69) is 13.0 Å². The second-order valence-corrected chi connectivity index (χ2v) is 3.72. The Kier molecular flexibility index (Phi) is 1.70. The van der Waals surface area contributed by atoms with Crippen LogP contribution in [-0.2, 0) is 0 Å². The van der Waals surface area contributed by atoms with E-state index in [4.69, 9.17) is 0 Å². The van der Waals surface area contributed by atoms with Crippen LogP contribution in [0, 0.1) is 6.92 Å². The maximum absolute atomic E-state index is 10.6. The Morgan fingerprint density at radius 2 is 2.25 bits per heavy atom. The van der Waals surface area contributed by atoms with Gasteiger partial charge in [-0.1, -0.05) is 12.1 Å². The summed E-state index contributed by atoms with van der Waals surface area (Å²) in [7, 11) is 0. The fraction of sp³-hybridized carbons (Fsp3) is 0.100. The molecule has 1 aromatic heterocycles. The third kappa shape index (κ3) is 1.04. The van der Waals surface area contributed by atoms with E-state index in [0.717, 1.165) is 17.2 Å². The minimum absolute atomic E-state index is 0.801. The van der Waals surface area contributed by atoms with E-state index in [-0.39, 0.29) is 0 Å². The first-order valence-electron chi connectivity index (χ1n) is 3.74. The van der Waals surface area contributed by atoms with E-state index in [1.165, 1.54) is 10.3 Å². The average molecular weight is 176 g/mol. The van der Waals surface area contributed by atoms with Crippen molar-refractivity contribution in [1.82, 2.24) is 0 Å². The molecule has 2 aromatic rings. The molecule has 0 fully saturated rings. The number of carbonyl (C=O) groups excluding carboxylic acids is 1. The third-order valence-corrected chi connectivity index (χ3v) is 2.85. The molecule has 0 saturated carbocycles. The minimum atomic E-state index is 0.801. The predicted molar refractivity (Wildman–Crippen MR) is 51.9 cm³/mol. The Balaban J connectivity index is 2.81. The molecule has 0 aliphatic heterocycles. The topological polar surface area (TPSA) is 17.1 Å². The van der Waals surface area contributed by atoms with Crippen LogP contribution in [0.5, 0.6) is 0 Å². The standard InChI is InChI=1S/C10H8OS/c1-7-2-3-9-8(5-11)6-12-10(9)4-7/h2-6H,1H3. The normalized spacial score (nSPS) is 10.4. The van der Waals surface area contributed by atoms with Crippen LogP contribution in [0.25, 0.3) is 10.1 Å². The molecule has 0 atom stereocenters.